The van der Waals surface area contributed by atoms with Crippen molar-refractivity contribution in [2.45, 2.75) is 62.8 Å². The van der Waals surface area contributed by atoms with Gasteiger partial charge in [0.1, 0.15) is 29.9 Å². The lowest BCUT2D eigenvalue weighted by atomic mass is 9.89. The second-order valence-corrected chi connectivity index (χ2v) is 9.37. The quantitative estimate of drug-likeness (QED) is 0.698. The molecule has 0 N–H and O–H groups in total. The van der Waals surface area contributed by atoms with Crippen molar-refractivity contribution < 1.29 is 23.1 Å². The molecule has 0 bridgehead atoms. The monoisotopic (exact) mass is 454 g/mol. The maximum absolute atomic E-state index is 13.8. The highest BCUT2D eigenvalue weighted by atomic mass is 19.1. The van der Waals surface area contributed by atoms with E-state index in [0.29, 0.717) is 50.0 Å². The molecule has 0 saturated carbocycles. The topological polar surface area (TPSA) is 75.6 Å². The summed E-state index contributed by atoms with van der Waals surface area (Å²) in [6, 6.07) is 3.00. The first kappa shape index (κ1) is 20.7. The normalized spacial score (nSPS) is 25.6. The molecular weight excluding hydrogens is 430 g/mol. The number of piperidine rings is 1. The first-order valence-electron chi connectivity index (χ1n) is 11.5. The number of carbonyl (C=O) groups excluding carboxylic acids is 2. The lowest BCUT2D eigenvalue weighted by Crippen LogP contribution is -2.52. The fourth-order valence-corrected chi connectivity index (χ4v) is 5.90. The van der Waals surface area contributed by atoms with E-state index in [-0.39, 0.29) is 11.8 Å². The van der Waals surface area contributed by atoms with Crippen LogP contribution in [0.1, 0.15) is 65.5 Å². The zero-order chi connectivity index (χ0) is 22.7. The van der Waals surface area contributed by atoms with Crippen LogP contribution in [0.2, 0.25) is 0 Å². The highest BCUT2D eigenvalue weighted by Gasteiger charge is 2.58. The molecule has 3 aliphatic heterocycles. The molecule has 4 aliphatic rings. The van der Waals surface area contributed by atoms with E-state index >= 15 is 0 Å². The van der Waals surface area contributed by atoms with Gasteiger partial charge in [-0.05, 0) is 49.8 Å². The van der Waals surface area contributed by atoms with Crippen molar-refractivity contribution >= 4 is 11.8 Å². The number of aryl methyl sites for hydroxylation is 1. The van der Waals surface area contributed by atoms with Crippen LogP contribution in [0.25, 0.3) is 0 Å². The van der Waals surface area contributed by atoms with Crippen LogP contribution in [-0.4, -0.2) is 56.5 Å². The molecule has 2 aromatic rings. The lowest BCUT2D eigenvalue weighted by molar-refractivity contribution is -0.142. The first-order valence-corrected chi connectivity index (χ1v) is 11.5. The number of ether oxygens (including phenoxy) is 1. The van der Waals surface area contributed by atoms with Gasteiger partial charge in [-0.3, -0.25) is 9.59 Å². The second kappa shape index (κ2) is 7.55. The Labute approximate surface area is 189 Å². The van der Waals surface area contributed by atoms with Crippen LogP contribution in [0.15, 0.2) is 24.5 Å². The summed E-state index contributed by atoms with van der Waals surface area (Å²) in [6.45, 7) is 0.784. The number of amides is 2. The van der Waals surface area contributed by atoms with Crippen LogP contribution < -0.4 is 0 Å². The average Bonchev–Trinajstić information content (AvgIpc) is 3.50. The number of fused-ring (bicyclic) bond motifs is 2. The molecule has 6 rings (SSSR count). The largest absolute Gasteiger partial charge is 0.342 e. The smallest absolute Gasteiger partial charge is 0.272 e. The van der Waals surface area contributed by atoms with Crippen LogP contribution in [0.3, 0.4) is 0 Å². The Kier molecular flexibility index (Phi) is 4.72. The SMILES string of the molecule is O=C(c1ncnc2c1CCC2)N1CCC2(CC1)OC1CCC(c3cc(F)cc(F)c3)N1C2=O. The zero-order valence-corrected chi connectivity index (χ0v) is 18.1. The Morgan fingerprint density at radius 3 is 2.58 bits per heavy atom. The Morgan fingerprint density at radius 2 is 1.82 bits per heavy atom. The van der Waals surface area contributed by atoms with Gasteiger partial charge in [0, 0.05) is 43.3 Å². The van der Waals surface area contributed by atoms with Gasteiger partial charge in [0.15, 0.2) is 5.60 Å². The van der Waals surface area contributed by atoms with E-state index in [4.69, 9.17) is 4.74 Å². The minimum absolute atomic E-state index is 0.121. The van der Waals surface area contributed by atoms with Crippen LogP contribution >= 0.6 is 0 Å². The molecule has 1 aromatic heterocycles. The highest BCUT2D eigenvalue weighted by molar-refractivity contribution is 5.94. The molecule has 0 radical (unpaired) electrons. The van der Waals surface area contributed by atoms with Crippen molar-refractivity contribution in [3.63, 3.8) is 0 Å². The third kappa shape index (κ3) is 3.24. The highest BCUT2D eigenvalue weighted by Crippen LogP contribution is 2.47. The standard InChI is InChI=1S/C24H24F2N4O3/c25-15-10-14(11-16(26)12-15)19-4-5-20-30(19)23(32)24(33-20)6-8-29(9-7-24)22(31)21-17-2-1-3-18(17)27-13-28-21/h10-13,19-20H,1-9H2. The van der Waals surface area contributed by atoms with Gasteiger partial charge >= 0.3 is 0 Å². The predicted molar refractivity (Wildman–Crippen MR) is 112 cm³/mol. The first-order chi connectivity index (χ1) is 15.9. The molecule has 1 aliphatic carbocycles. The predicted octanol–water partition coefficient (Wildman–Crippen LogP) is 2.94. The molecule has 9 heteroatoms. The molecular formula is C24H24F2N4O3. The molecule has 2 amide bonds. The van der Waals surface area contributed by atoms with Crippen LogP contribution in [-0.2, 0) is 22.4 Å². The number of hydrogen-bond donors (Lipinski definition) is 0. The molecule has 3 fully saturated rings. The van der Waals surface area contributed by atoms with Gasteiger partial charge in [0.25, 0.3) is 11.8 Å². The van der Waals surface area contributed by atoms with Gasteiger partial charge in [-0.2, -0.15) is 0 Å². The van der Waals surface area contributed by atoms with E-state index in [1.165, 1.54) is 18.5 Å². The number of nitrogens with zero attached hydrogens (tertiary/aromatic N) is 4. The summed E-state index contributed by atoms with van der Waals surface area (Å²) in [7, 11) is 0. The van der Waals surface area contributed by atoms with E-state index in [9.17, 15) is 18.4 Å². The summed E-state index contributed by atoms with van der Waals surface area (Å²) in [5, 5.41) is 0. The molecule has 2 unspecified atom stereocenters. The third-order valence-corrected chi connectivity index (χ3v) is 7.52. The lowest BCUT2D eigenvalue weighted by Gasteiger charge is -2.37. The number of carbonyl (C=O) groups is 2. The summed E-state index contributed by atoms with van der Waals surface area (Å²) in [5.74, 6) is -1.57. The van der Waals surface area contributed by atoms with Crippen LogP contribution in [0.5, 0.6) is 0 Å². The zero-order valence-electron chi connectivity index (χ0n) is 18.1. The molecule has 1 aromatic carbocycles. The van der Waals surface area contributed by atoms with Crippen molar-refractivity contribution in [1.29, 1.82) is 0 Å². The number of aromatic nitrogens is 2. The Morgan fingerprint density at radius 1 is 1.06 bits per heavy atom. The molecule has 4 heterocycles. The van der Waals surface area contributed by atoms with Crippen molar-refractivity contribution in [3.05, 3.63) is 58.7 Å². The minimum atomic E-state index is -0.987. The van der Waals surface area contributed by atoms with E-state index < -0.39 is 29.5 Å². The average molecular weight is 454 g/mol. The fourth-order valence-electron chi connectivity index (χ4n) is 5.90. The van der Waals surface area contributed by atoms with E-state index in [0.717, 1.165) is 36.6 Å². The summed E-state index contributed by atoms with van der Waals surface area (Å²) in [4.78, 5) is 38.6. The molecule has 3 saturated heterocycles. The number of likely N-dealkylation sites (tertiary alicyclic amines) is 1. The van der Waals surface area contributed by atoms with Gasteiger partial charge in [0.05, 0.1) is 6.04 Å². The number of benzene rings is 1. The molecule has 7 nitrogen and oxygen atoms in total. The van der Waals surface area contributed by atoms with E-state index in [1.54, 1.807) is 9.80 Å². The van der Waals surface area contributed by atoms with Crippen molar-refractivity contribution in [2.24, 2.45) is 0 Å². The van der Waals surface area contributed by atoms with Crippen molar-refractivity contribution in [1.82, 2.24) is 19.8 Å². The fraction of sp³-hybridized carbons (Fsp3) is 0.500. The van der Waals surface area contributed by atoms with Crippen LogP contribution in [0.4, 0.5) is 8.78 Å². The maximum atomic E-state index is 13.8. The van der Waals surface area contributed by atoms with Crippen molar-refractivity contribution in [2.75, 3.05) is 13.1 Å². The summed E-state index contributed by atoms with van der Waals surface area (Å²) >= 11 is 0. The molecule has 2 atom stereocenters. The minimum Gasteiger partial charge on any atom is -0.342 e. The third-order valence-electron chi connectivity index (χ3n) is 7.52. The molecule has 172 valence electrons. The van der Waals surface area contributed by atoms with Crippen molar-refractivity contribution in [3.8, 4) is 0 Å². The number of halogens is 2. The number of hydrogen-bond acceptors (Lipinski definition) is 5. The summed E-state index contributed by atoms with van der Waals surface area (Å²) < 4.78 is 33.9. The Hall–Kier alpha value is -2.94. The summed E-state index contributed by atoms with van der Waals surface area (Å²) in [6.07, 6.45) is 5.71. The van der Waals surface area contributed by atoms with Crippen LogP contribution in [0, 0.1) is 11.6 Å². The van der Waals surface area contributed by atoms with Gasteiger partial charge in [-0.15, -0.1) is 0 Å². The number of rotatable bonds is 2. The maximum Gasteiger partial charge on any atom is 0.272 e. The van der Waals surface area contributed by atoms with Gasteiger partial charge in [-0.1, -0.05) is 0 Å². The Bertz CT molecular complexity index is 1130. The van der Waals surface area contributed by atoms with E-state index in [1.807, 2.05) is 0 Å². The van der Waals surface area contributed by atoms with Gasteiger partial charge < -0.3 is 14.5 Å². The molecule has 33 heavy (non-hydrogen) atoms. The summed E-state index contributed by atoms with van der Waals surface area (Å²) in [5.41, 5.74) is 1.84. The Balaban J connectivity index is 1.19. The van der Waals surface area contributed by atoms with Gasteiger partial charge in [0.2, 0.25) is 0 Å². The van der Waals surface area contributed by atoms with E-state index in [2.05, 4.69) is 9.97 Å². The van der Waals surface area contributed by atoms with Gasteiger partial charge in [-0.25, -0.2) is 18.7 Å². The second-order valence-electron chi connectivity index (χ2n) is 9.37. The molecule has 1 spiro atoms.